The summed E-state index contributed by atoms with van der Waals surface area (Å²) in [4.78, 5) is 28.9. The average molecular weight is 498 g/mol. The van der Waals surface area contributed by atoms with E-state index in [2.05, 4.69) is 40.6 Å². The van der Waals surface area contributed by atoms with E-state index in [1.807, 2.05) is 0 Å². The summed E-state index contributed by atoms with van der Waals surface area (Å²) in [6.07, 6.45) is 4.69. The molecule has 2 rings (SSSR count). The summed E-state index contributed by atoms with van der Waals surface area (Å²) in [5, 5.41) is 5.92. The highest BCUT2D eigenvalue weighted by molar-refractivity contribution is 6.31. The van der Waals surface area contributed by atoms with Crippen LogP contribution in [0.5, 0.6) is 0 Å². The highest BCUT2D eigenvalue weighted by Gasteiger charge is 2.17. The van der Waals surface area contributed by atoms with Crippen molar-refractivity contribution in [3.8, 4) is 0 Å². The number of carbonyl (C=O) groups is 1. The SMILES string of the molecule is N/N=C(/CCCCN1CCN(CCCCN=C(N)NC(=O)c2nc(Cl)c(N)nc2N)CC1)NN. The molecule has 0 unspecified atom stereocenters. The third kappa shape index (κ3) is 9.13. The van der Waals surface area contributed by atoms with Gasteiger partial charge in [0, 0.05) is 39.1 Å². The quantitative estimate of drug-likeness (QED) is 0.0620. The molecule has 15 heteroatoms. The molecule has 0 aliphatic carbocycles. The van der Waals surface area contributed by atoms with Gasteiger partial charge in [-0.1, -0.05) is 11.6 Å². The second-order valence-electron chi connectivity index (χ2n) is 7.92. The maximum absolute atomic E-state index is 12.2. The number of aliphatic imine (C=N–C) groups is 1. The number of hydrogen-bond acceptors (Lipinski definition) is 11. The zero-order valence-corrected chi connectivity index (χ0v) is 20.1. The number of hydrazone groups is 1. The number of nitrogens with one attached hydrogen (secondary N) is 2. The molecule has 0 saturated carbocycles. The number of anilines is 2. The van der Waals surface area contributed by atoms with Crippen LogP contribution in [-0.4, -0.2) is 83.3 Å². The van der Waals surface area contributed by atoms with E-state index in [9.17, 15) is 4.79 Å². The number of nitrogens with two attached hydrogens (primary N) is 5. The summed E-state index contributed by atoms with van der Waals surface area (Å²) in [5.74, 6) is 10.4. The van der Waals surface area contributed by atoms with Crippen molar-refractivity contribution in [1.29, 1.82) is 0 Å². The second kappa shape index (κ2) is 14.3. The Morgan fingerprint density at radius 2 is 1.62 bits per heavy atom. The zero-order valence-electron chi connectivity index (χ0n) is 19.3. The van der Waals surface area contributed by atoms with Crippen molar-refractivity contribution < 1.29 is 4.79 Å². The first-order valence-electron chi connectivity index (χ1n) is 11.2. The highest BCUT2D eigenvalue weighted by Crippen LogP contribution is 2.17. The molecule has 12 N–H and O–H groups in total. The Bertz CT molecular complexity index is 855. The zero-order chi connectivity index (χ0) is 24.9. The number of guanidine groups is 1. The summed E-state index contributed by atoms with van der Waals surface area (Å²) in [6, 6.07) is 0. The van der Waals surface area contributed by atoms with Crippen molar-refractivity contribution in [2.24, 2.45) is 27.5 Å². The van der Waals surface area contributed by atoms with Gasteiger partial charge in [-0.3, -0.25) is 15.1 Å². The molecule has 1 aliphatic rings. The number of carbonyl (C=O) groups excluding carboxylic acids is 1. The molecule has 0 atom stereocenters. The van der Waals surface area contributed by atoms with Gasteiger partial charge in [-0.2, -0.15) is 5.10 Å². The topological polar surface area (TPSA) is 228 Å². The Labute approximate surface area is 204 Å². The number of hydrazine groups is 1. The van der Waals surface area contributed by atoms with E-state index in [0.717, 1.165) is 71.4 Å². The third-order valence-electron chi connectivity index (χ3n) is 5.45. The third-order valence-corrected chi connectivity index (χ3v) is 5.73. The number of amidine groups is 1. The van der Waals surface area contributed by atoms with Crippen LogP contribution in [0.4, 0.5) is 11.6 Å². The van der Waals surface area contributed by atoms with Crippen molar-refractivity contribution in [1.82, 2.24) is 30.5 Å². The van der Waals surface area contributed by atoms with Gasteiger partial charge >= 0.3 is 0 Å². The van der Waals surface area contributed by atoms with Gasteiger partial charge in [0.05, 0.1) is 0 Å². The molecular formula is C19H36ClN13O. The van der Waals surface area contributed by atoms with Crippen LogP contribution in [0.25, 0.3) is 0 Å². The van der Waals surface area contributed by atoms with Crippen LogP contribution in [0.3, 0.4) is 0 Å². The van der Waals surface area contributed by atoms with E-state index in [4.69, 9.17) is 40.5 Å². The molecule has 1 saturated heterocycles. The first-order valence-corrected chi connectivity index (χ1v) is 11.6. The van der Waals surface area contributed by atoms with Gasteiger partial charge in [-0.25, -0.2) is 15.8 Å². The van der Waals surface area contributed by atoms with E-state index in [1.165, 1.54) is 0 Å². The molecule has 0 spiro atoms. The number of piperazine rings is 1. The molecule has 0 aromatic carbocycles. The summed E-state index contributed by atoms with van der Waals surface area (Å²) < 4.78 is 0. The van der Waals surface area contributed by atoms with Gasteiger partial charge in [-0.15, -0.1) is 0 Å². The Kier molecular flexibility index (Phi) is 11.5. The van der Waals surface area contributed by atoms with E-state index in [0.29, 0.717) is 12.4 Å². The minimum absolute atomic E-state index is 0.0140. The van der Waals surface area contributed by atoms with Crippen LogP contribution in [0.2, 0.25) is 5.15 Å². The van der Waals surface area contributed by atoms with Crippen LogP contribution < -0.4 is 39.6 Å². The van der Waals surface area contributed by atoms with Gasteiger partial charge in [0.25, 0.3) is 5.91 Å². The molecule has 1 fully saturated rings. The maximum Gasteiger partial charge on any atom is 0.280 e. The van der Waals surface area contributed by atoms with Gasteiger partial charge in [0.15, 0.2) is 28.4 Å². The van der Waals surface area contributed by atoms with E-state index in [1.54, 1.807) is 0 Å². The second-order valence-corrected chi connectivity index (χ2v) is 8.28. The smallest absolute Gasteiger partial charge is 0.280 e. The normalized spacial score (nSPS) is 15.9. The first-order chi connectivity index (χ1) is 16.3. The van der Waals surface area contributed by atoms with Crippen molar-refractivity contribution in [3.05, 3.63) is 10.8 Å². The lowest BCUT2D eigenvalue weighted by Crippen LogP contribution is -2.46. The molecule has 34 heavy (non-hydrogen) atoms. The Balaban J connectivity index is 1.58. The summed E-state index contributed by atoms with van der Waals surface area (Å²) >= 11 is 5.79. The number of aromatic nitrogens is 2. The van der Waals surface area contributed by atoms with Gasteiger partial charge in [0.1, 0.15) is 5.84 Å². The van der Waals surface area contributed by atoms with Crippen LogP contribution in [0, 0.1) is 0 Å². The van der Waals surface area contributed by atoms with Crippen molar-refractivity contribution in [2.75, 3.05) is 57.3 Å². The maximum atomic E-state index is 12.2. The molecule has 14 nitrogen and oxygen atoms in total. The summed E-state index contributed by atoms with van der Waals surface area (Å²) in [5.41, 5.74) is 19.3. The van der Waals surface area contributed by atoms with E-state index in [-0.39, 0.29) is 28.4 Å². The molecule has 190 valence electrons. The number of nitrogens with zero attached hydrogens (tertiary/aromatic N) is 6. The minimum atomic E-state index is -0.644. The van der Waals surface area contributed by atoms with Gasteiger partial charge < -0.3 is 38.3 Å². The average Bonchev–Trinajstić information content (AvgIpc) is 2.82. The number of halogens is 1. The lowest BCUT2D eigenvalue weighted by Gasteiger charge is -2.34. The molecule has 1 aromatic rings. The molecule has 1 aromatic heterocycles. The lowest BCUT2D eigenvalue weighted by molar-refractivity contribution is 0.0972. The predicted octanol–water partition coefficient (Wildman–Crippen LogP) is -1.36. The summed E-state index contributed by atoms with van der Waals surface area (Å²) in [6.45, 7) is 6.79. The van der Waals surface area contributed by atoms with Crippen LogP contribution in [0.1, 0.15) is 42.6 Å². The lowest BCUT2D eigenvalue weighted by atomic mass is 10.2. The number of unbranched alkanes of at least 4 members (excludes halogenated alkanes) is 2. The van der Waals surface area contributed by atoms with Crippen molar-refractivity contribution in [3.63, 3.8) is 0 Å². The molecule has 2 heterocycles. The van der Waals surface area contributed by atoms with Crippen molar-refractivity contribution >= 4 is 40.9 Å². The number of amides is 1. The van der Waals surface area contributed by atoms with Crippen molar-refractivity contribution in [2.45, 2.75) is 32.1 Å². The first kappa shape index (κ1) is 27.3. The molecule has 1 aliphatic heterocycles. The van der Waals surface area contributed by atoms with Gasteiger partial charge in [-0.05, 0) is 38.8 Å². The monoisotopic (exact) mass is 497 g/mol. The Morgan fingerprint density at radius 3 is 2.21 bits per heavy atom. The van der Waals surface area contributed by atoms with Gasteiger partial charge in [0.2, 0.25) is 0 Å². The molecule has 1 amide bonds. The Morgan fingerprint density at radius 1 is 1.00 bits per heavy atom. The van der Waals surface area contributed by atoms with Crippen LogP contribution >= 0.6 is 11.6 Å². The standard InChI is InChI=1S/C19H36ClN13O/c20-15-17(22)28-16(21)14(27-15)18(34)29-19(23)26-6-2-4-8-33-11-9-32(10-12-33)7-3-1-5-13(30-24)31-25/h1-12,24-25H2,(H,30,31)(H4,21,22,28)(H3,23,26,29,34). The molecule has 0 radical (unpaired) electrons. The molecule has 0 bridgehead atoms. The highest BCUT2D eigenvalue weighted by atomic mass is 35.5. The fraction of sp³-hybridized carbons (Fsp3) is 0.632. The summed E-state index contributed by atoms with van der Waals surface area (Å²) in [7, 11) is 0. The fourth-order valence-electron chi connectivity index (χ4n) is 3.51. The van der Waals surface area contributed by atoms with Crippen LogP contribution in [-0.2, 0) is 0 Å². The van der Waals surface area contributed by atoms with E-state index < -0.39 is 5.91 Å². The van der Waals surface area contributed by atoms with E-state index >= 15 is 0 Å². The number of rotatable bonds is 11. The minimum Gasteiger partial charge on any atom is -0.382 e. The Hall–Kier alpha value is -2.94. The number of nitrogen functional groups attached to an aromatic ring is 2. The largest absolute Gasteiger partial charge is 0.382 e. The number of hydrogen-bond donors (Lipinski definition) is 7. The van der Waals surface area contributed by atoms with Crippen LogP contribution in [0.15, 0.2) is 10.1 Å². The molecular weight excluding hydrogens is 462 g/mol. The predicted molar refractivity (Wildman–Crippen MR) is 135 cm³/mol. The fourth-order valence-corrected chi connectivity index (χ4v) is 3.64.